The normalized spacial score (nSPS) is 36.0. The Morgan fingerprint density at radius 3 is 2.41 bits per heavy atom. The predicted octanol–water partition coefficient (Wildman–Crippen LogP) is 4.68. The SMILES string of the molecule is CCCCC1(O)CCCCC1C1CCCCC1. The van der Waals surface area contributed by atoms with Crippen LogP contribution in [0.1, 0.15) is 84.0 Å². The zero-order valence-corrected chi connectivity index (χ0v) is 11.6. The Balaban J connectivity index is 1.99. The summed E-state index contributed by atoms with van der Waals surface area (Å²) < 4.78 is 0. The van der Waals surface area contributed by atoms with Crippen molar-refractivity contribution in [3.05, 3.63) is 0 Å². The van der Waals surface area contributed by atoms with Gasteiger partial charge >= 0.3 is 0 Å². The van der Waals surface area contributed by atoms with E-state index in [2.05, 4.69) is 6.92 Å². The van der Waals surface area contributed by atoms with Gasteiger partial charge in [-0.05, 0) is 31.1 Å². The lowest BCUT2D eigenvalue weighted by molar-refractivity contribution is -0.0840. The van der Waals surface area contributed by atoms with Gasteiger partial charge in [0.2, 0.25) is 0 Å². The van der Waals surface area contributed by atoms with Crippen molar-refractivity contribution in [3.8, 4) is 0 Å². The van der Waals surface area contributed by atoms with Crippen molar-refractivity contribution in [2.24, 2.45) is 11.8 Å². The smallest absolute Gasteiger partial charge is 0.0678 e. The highest BCUT2D eigenvalue weighted by atomic mass is 16.3. The molecule has 0 aliphatic heterocycles. The second-order valence-electron chi connectivity index (χ2n) is 6.46. The molecule has 0 aromatic heterocycles. The minimum absolute atomic E-state index is 0.295. The van der Waals surface area contributed by atoms with Crippen LogP contribution in [-0.4, -0.2) is 10.7 Å². The molecule has 0 spiro atoms. The second kappa shape index (κ2) is 6.22. The van der Waals surface area contributed by atoms with Crippen LogP contribution < -0.4 is 0 Å². The second-order valence-corrected chi connectivity index (χ2v) is 6.46. The van der Waals surface area contributed by atoms with Crippen molar-refractivity contribution in [2.75, 3.05) is 0 Å². The molecule has 2 aliphatic carbocycles. The van der Waals surface area contributed by atoms with Gasteiger partial charge in [-0.1, -0.05) is 64.7 Å². The van der Waals surface area contributed by atoms with E-state index in [-0.39, 0.29) is 5.60 Å². The van der Waals surface area contributed by atoms with Crippen LogP contribution >= 0.6 is 0 Å². The number of hydrogen-bond donors (Lipinski definition) is 1. The highest BCUT2D eigenvalue weighted by Gasteiger charge is 2.42. The maximum absolute atomic E-state index is 11.0. The van der Waals surface area contributed by atoms with Gasteiger partial charge in [0.1, 0.15) is 0 Å². The summed E-state index contributed by atoms with van der Waals surface area (Å²) in [6.45, 7) is 2.24. The Morgan fingerprint density at radius 2 is 1.71 bits per heavy atom. The number of aliphatic hydroxyl groups is 1. The Morgan fingerprint density at radius 1 is 1.00 bits per heavy atom. The summed E-state index contributed by atoms with van der Waals surface area (Å²) in [5, 5.41) is 11.0. The van der Waals surface area contributed by atoms with E-state index < -0.39 is 0 Å². The predicted molar refractivity (Wildman–Crippen MR) is 73.0 cm³/mol. The van der Waals surface area contributed by atoms with E-state index in [4.69, 9.17) is 0 Å². The quantitative estimate of drug-likeness (QED) is 0.754. The summed E-state index contributed by atoms with van der Waals surface area (Å²) in [6.07, 6.45) is 15.5. The monoisotopic (exact) mass is 238 g/mol. The zero-order chi connectivity index (χ0) is 12.1. The van der Waals surface area contributed by atoms with Gasteiger partial charge in [0, 0.05) is 0 Å². The van der Waals surface area contributed by atoms with Crippen LogP contribution in [0.25, 0.3) is 0 Å². The van der Waals surface area contributed by atoms with E-state index in [1.807, 2.05) is 0 Å². The van der Waals surface area contributed by atoms with Gasteiger partial charge in [-0.3, -0.25) is 0 Å². The number of hydrogen-bond acceptors (Lipinski definition) is 1. The largest absolute Gasteiger partial charge is 0.390 e. The molecule has 2 aliphatic rings. The molecule has 0 amide bonds. The van der Waals surface area contributed by atoms with Crippen LogP contribution in [-0.2, 0) is 0 Å². The third kappa shape index (κ3) is 3.24. The molecule has 1 heteroatoms. The van der Waals surface area contributed by atoms with E-state index in [0.29, 0.717) is 5.92 Å². The van der Waals surface area contributed by atoms with Gasteiger partial charge in [-0.25, -0.2) is 0 Å². The van der Waals surface area contributed by atoms with E-state index in [0.717, 1.165) is 18.8 Å². The third-order valence-electron chi connectivity index (χ3n) is 5.25. The van der Waals surface area contributed by atoms with E-state index in [9.17, 15) is 5.11 Å². The Kier molecular flexibility index (Phi) is 4.90. The molecule has 2 atom stereocenters. The molecule has 1 nitrogen and oxygen atoms in total. The van der Waals surface area contributed by atoms with Crippen molar-refractivity contribution >= 4 is 0 Å². The van der Waals surface area contributed by atoms with Gasteiger partial charge in [0.25, 0.3) is 0 Å². The molecule has 17 heavy (non-hydrogen) atoms. The van der Waals surface area contributed by atoms with Crippen molar-refractivity contribution in [3.63, 3.8) is 0 Å². The molecule has 0 aromatic rings. The molecule has 2 fully saturated rings. The summed E-state index contributed by atoms with van der Waals surface area (Å²) in [6, 6.07) is 0. The van der Waals surface area contributed by atoms with E-state index in [1.54, 1.807) is 0 Å². The molecule has 0 saturated heterocycles. The average Bonchev–Trinajstić information content (AvgIpc) is 2.38. The zero-order valence-electron chi connectivity index (χ0n) is 11.6. The molecule has 2 rings (SSSR count). The van der Waals surface area contributed by atoms with Gasteiger partial charge in [0.15, 0.2) is 0 Å². The number of rotatable bonds is 4. The maximum atomic E-state index is 11.0. The maximum Gasteiger partial charge on any atom is 0.0678 e. The molecule has 1 N–H and O–H groups in total. The molecule has 100 valence electrons. The first-order valence-corrected chi connectivity index (χ1v) is 7.98. The summed E-state index contributed by atoms with van der Waals surface area (Å²) in [5.74, 6) is 1.47. The molecule has 0 bridgehead atoms. The fourth-order valence-corrected chi connectivity index (χ4v) is 4.25. The topological polar surface area (TPSA) is 20.2 Å². The van der Waals surface area contributed by atoms with Crippen LogP contribution in [0, 0.1) is 11.8 Å². The van der Waals surface area contributed by atoms with Crippen molar-refractivity contribution in [2.45, 2.75) is 89.6 Å². The lowest BCUT2D eigenvalue weighted by atomic mass is 9.64. The summed E-state index contributed by atoms with van der Waals surface area (Å²) in [4.78, 5) is 0. The van der Waals surface area contributed by atoms with Crippen molar-refractivity contribution < 1.29 is 5.11 Å². The minimum atomic E-state index is -0.295. The van der Waals surface area contributed by atoms with Gasteiger partial charge in [-0.2, -0.15) is 0 Å². The van der Waals surface area contributed by atoms with Gasteiger partial charge < -0.3 is 5.11 Å². The summed E-state index contributed by atoms with van der Waals surface area (Å²) >= 11 is 0. The lowest BCUT2D eigenvalue weighted by Gasteiger charge is -2.45. The molecule has 0 heterocycles. The van der Waals surface area contributed by atoms with Crippen LogP contribution in [0.5, 0.6) is 0 Å². The fourth-order valence-electron chi connectivity index (χ4n) is 4.25. The third-order valence-corrected chi connectivity index (χ3v) is 5.25. The molecule has 0 aromatic carbocycles. The summed E-state index contributed by atoms with van der Waals surface area (Å²) in [5.41, 5.74) is -0.295. The van der Waals surface area contributed by atoms with Gasteiger partial charge in [0.05, 0.1) is 5.60 Å². The van der Waals surface area contributed by atoms with Gasteiger partial charge in [-0.15, -0.1) is 0 Å². The molecular weight excluding hydrogens is 208 g/mol. The van der Waals surface area contributed by atoms with E-state index in [1.165, 1.54) is 64.2 Å². The Labute approximate surface area is 107 Å². The molecule has 2 saturated carbocycles. The van der Waals surface area contributed by atoms with Crippen molar-refractivity contribution in [1.82, 2.24) is 0 Å². The number of unbranched alkanes of at least 4 members (excludes halogenated alkanes) is 1. The molecule has 0 radical (unpaired) electrons. The first kappa shape index (κ1) is 13.4. The highest BCUT2D eigenvalue weighted by Crippen LogP contribution is 2.45. The standard InChI is InChI=1S/C16H30O/c1-2-3-12-16(17)13-8-7-11-15(16)14-9-5-4-6-10-14/h14-15,17H,2-13H2,1H3. The Bertz CT molecular complexity index is 220. The fraction of sp³-hybridized carbons (Fsp3) is 1.00. The molecule has 2 unspecified atom stereocenters. The van der Waals surface area contributed by atoms with Crippen LogP contribution in [0.4, 0.5) is 0 Å². The van der Waals surface area contributed by atoms with Crippen LogP contribution in [0.15, 0.2) is 0 Å². The minimum Gasteiger partial charge on any atom is -0.390 e. The average molecular weight is 238 g/mol. The Hall–Kier alpha value is -0.0400. The first-order chi connectivity index (χ1) is 8.26. The van der Waals surface area contributed by atoms with Crippen molar-refractivity contribution in [1.29, 1.82) is 0 Å². The van der Waals surface area contributed by atoms with Crippen LogP contribution in [0.2, 0.25) is 0 Å². The highest BCUT2D eigenvalue weighted by molar-refractivity contribution is 4.93. The van der Waals surface area contributed by atoms with E-state index >= 15 is 0 Å². The lowest BCUT2D eigenvalue weighted by Crippen LogP contribution is -2.44. The molecular formula is C16H30O. The van der Waals surface area contributed by atoms with Crippen LogP contribution in [0.3, 0.4) is 0 Å². The summed E-state index contributed by atoms with van der Waals surface area (Å²) in [7, 11) is 0. The first-order valence-electron chi connectivity index (χ1n) is 7.98.